The SMILES string of the molecule is Cc1ccc(S(C)(=O)=O)cc1C(=O)OCC(=O)c1cccc(Br)c1. The molecule has 0 unspecified atom stereocenters. The maximum absolute atomic E-state index is 12.2. The van der Waals surface area contributed by atoms with E-state index in [1.165, 1.54) is 18.2 Å². The van der Waals surface area contributed by atoms with Gasteiger partial charge >= 0.3 is 5.97 Å². The van der Waals surface area contributed by atoms with Crippen LogP contribution in [0.4, 0.5) is 0 Å². The number of rotatable bonds is 5. The first-order valence-electron chi connectivity index (χ1n) is 6.95. The second kappa shape index (κ2) is 7.27. The number of hydrogen-bond donors (Lipinski definition) is 0. The number of ketones is 1. The van der Waals surface area contributed by atoms with Crippen molar-refractivity contribution in [2.75, 3.05) is 12.9 Å². The van der Waals surface area contributed by atoms with Crippen LogP contribution in [-0.2, 0) is 14.6 Å². The lowest BCUT2D eigenvalue weighted by Crippen LogP contribution is -2.15. The molecule has 0 heterocycles. The van der Waals surface area contributed by atoms with Crippen molar-refractivity contribution in [1.29, 1.82) is 0 Å². The third kappa shape index (κ3) is 4.52. The van der Waals surface area contributed by atoms with Crippen molar-refractivity contribution >= 4 is 37.5 Å². The van der Waals surface area contributed by atoms with Gasteiger partial charge in [0.15, 0.2) is 22.2 Å². The fraction of sp³-hybridized carbons (Fsp3) is 0.176. The van der Waals surface area contributed by atoms with Gasteiger partial charge in [-0.2, -0.15) is 0 Å². The highest BCUT2D eigenvalue weighted by atomic mass is 79.9. The molecule has 0 bridgehead atoms. The minimum atomic E-state index is -3.43. The number of aryl methyl sites for hydroxylation is 1. The molecule has 7 heteroatoms. The largest absolute Gasteiger partial charge is 0.454 e. The van der Waals surface area contributed by atoms with Crippen LogP contribution in [0.5, 0.6) is 0 Å². The predicted octanol–water partition coefficient (Wildman–Crippen LogP) is 3.20. The third-order valence-electron chi connectivity index (χ3n) is 3.34. The summed E-state index contributed by atoms with van der Waals surface area (Å²) in [6.07, 6.45) is 1.06. The number of carbonyl (C=O) groups is 2. The Morgan fingerprint density at radius 3 is 2.46 bits per heavy atom. The van der Waals surface area contributed by atoms with Gasteiger partial charge < -0.3 is 4.74 Å². The molecule has 0 amide bonds. The van der Waals surface area contributed by atoms with Gasteiger partial charge in [0.25, 0.3) is 0 Å². The molecule has 0 saturated heterocycles. The molecule has 0 aliphatic carbocycles. The fourth-order valence-electron chi connectivity index (χ4n) is 2.01. The summed E-state index contributed by atoms with van der Waals surface area (Å²) in [5, 5.41) is 0. The minimum Gasteiger partial charge on any atom is -0.454 e. The van der Waals surface area contributed by atoms with Gasteiger partial charge in [-0.1, -0.05) is 34.1 Å². The molecule has 0 saturated carbocycles. The number of hydrogen-bond acceptors (Lipinski definition) is 5. The molecule has 0 N–H and O–H groups in total. The second-order valence-electron chi connectivity index (χ2n) is 5.26. The van der Waals surface area contributed by atoms with Crippen molar-refractivity contribution in [3.63, 3.8) is 0 Å². The molecule has 0 aliphatic rings. The van der Waals surface area contributed by atoms with Crippen molar-refractivity contribution in [1.82, 2.24) is 0 Å². The highest BCUT2D eigenvalue weighted by Crippen LogP contribution is 2.17. The Kier molecular flexibility index (Phi) is 5.56. The molecular weight excluding hydrogens is 396 g/mol. The number of carbonyl (C=O) groups excluding carboxylic acids is 2. The zero-order chi connectivity index (χ0) is 17.9. The number of halogens is 1. The maximum Gasteiger partial charge on any atom is 0.338 e. The van der Waals surface area contributed by atoms with Crippen LogP contribution in [0.1, 0.15) is 26.3 Å². The number of benzene rings is 2. The molecule has 126 valence electrons. The zero-order valence-electron chi connectivity index (χ0n) is 13.1. The molecule has 24 heavy (non-hydrogen) atoms. The van der Waals surface area contributed by atoms with Crippen LogP contribution in [0.25, 0.3) is 0 Å². The normalized spacial score (nSPS) is 11.1. The predicted molar refractivity (Wildman–Crippen MR) is 93.0 cm³/mol. The Morgan fingerprint density at radius 1 is 1.12 bits per heavy atom. The third-order valence-corrected chi connectivity index (χ3v) is 4.94. The van der Waals surface area contributed by atoms with Crippen LogP contribution in [0.3, 0.4) is 0 Å². The molecule has 2 aromatic carbocycles. The molecular formula is C17H15BrO5S. The number of sulfone groups is 1. The van der Waals surface area contributed by atoms with Crippen LogP contribution in [0.15, 0.2) is 51.8 Å². The van der Waals surface area contributed by atoms with Crippen LogP contribution in [0, 0.1) is 6.92 Å². The van der Waals surface area contributed by atoms with Crippen molar-refractivity contribution in [2.45, 2.75) is 11.8 Å². The smallest absolute Gasteiger partial charge is 0.338 e. The van der Waals surface area contributed by atoms with Gasteiger partial charge in [-0.3, -0.25) is 4.79 Å². The lowest BCUT2D eigenvalue weighted by Gasteiger charge is -2.08. The molecule has 0 spiro atoms. The van der Waals surface area contributed by atoms with Crippen molar-refractivity contribution in [3.05, 3.63) is 63.6 Å². The molecule has 0 aliphatic heterocycles. The molecule has 2 aromatic rings. The van der Waals surface area contributed by atoms with E-state index < -0.39 is 22.4 Å². The van der Waals surface area contributed by atoms with E-state index in [2.05, 4.69) is 15.9 Å². The summed E-state index contributed by atoms with van der Waals surface area (Å²) in [6.45, 7) is 1.25. The first-order chi connectivity index (χ1) is 11.2. The van der Waals surface area contributed by atoms with E-state index in [1.54, 1.807) is 31.2 Å². The molecule has 0 radical (unpaired) electrons. The van der Waals surface area contributed by atoms with E-state index in [-0.39, 0.29) is 16.2 Å². The highest BCUT2D eigenvalue weighted by Gasteiger charge is 2.17. The van der Waals surface area contributed by atoms with E-state index in [0.717, 1.165) is 10.7 Å². The fourth-order valence-corrected chi connectivity index (χ4v) is 3.05. The number of esters is 1. The van der Waals surface area contributed by atoms with Gasteiger partial charge in [0.05, 0.1) is 10.5 Å². The first kappa shape index (κ1) is 18.4. The topological polar surface area (TPSA) is 77.5 Å². The van der Waals surface area contributed by atoms with Gasteiger partial charge in [0.2, 0.25) is 0 Å². The summed E-state index contributed by atoms with van der Waals surface area (Å²) in [6, 6.07) is 11.0. The first-order valence-corrected chi connectivity index (χ1v) is 9.63. The monoisotopic (exact) mass is 410 g/mol. The molecule has 2 rings (SSSR count). The average Bonchev–Trinajstić information content (AvgIpc) is 2.51. The van der Waals surface area contributed by atoms with Crippen LogP contribution in [0.2, 0.25) is 0 Å². The molecule has 0 atom stereocenters. The average molecular weight is 411 g/mol. The van der Waals surface area contributed by atoms with E-state index >= 15 is 0 Å². The van der Waals surface area contributed by atoms with Crippen molar-refractivity contribution < 1.29 is 22.7 Å². The van der Waals surface area contributed by atoms with Crippen molar-refractivity contribution in [3.8, 4) is 0 Å². The lowest BCUT2D eigenvalue weighted by atomic mass is 10.1. The quantitative estimate of drug-likeness (QED) is 0.558. The molecule has 5 nitrogen and oxygen atoms in total. The zero-order valence-corrected chi connectivity index (χ0v) is 15.5. The Balaban J connectivity index is 2.14. The standard InChI is InChI=1S/C17H15BrO5S/c1-11-6-7-14(24(2,21)22)9-15(11)17(20)23-10-16(19)12-4-3-5-13(18)8-12/h3-9H,10H2,1-2H3. The Bertz CT molecular complexity index is 903. The maximum atomic E-state index is 12.2. The summed E-state index contributed by atoms with van der Waals surface area (Å²) in [7, 11) is -3.43. The second-order valence-corrected chi connectivity index (χ2v) is 8.19. The van der Waals surface area contributed by atoms with Gasteiger partial charge in [-0.05, 0) is 36.8 Å². The van der Waals surface area contributed by atoms with E-state index in [4.69, 9.17) is 4.74 Å². The Hall–Kier alpha value is -1.99. The van der Waals surface area contributed by atoms with Crippen LogP contribution < -0.4 is 0 Å². The lowest BCUT2D eigenvalue weighted by molar-refractivity contribution is 0.0473. The Labute approximate surface area is 148 Å². The number of ether oxygens (including phenoxy) is 1. The van der Waals surface area contributed by atoms with E-state index in [1.807, 2.05) is 0 Å². The van der Waals surface area contributed by atoms with Crippen molar-refractivity contribution in [2.24, 2.45) is 0 Å². The highest BCUT2D eigenvalue weighted by molar-refractivity contribution is 9.10. The minimum absolute atomic E-state index is 0.0263. The van der Waals surface area contributed by atoms with Gasteiger partial charge in [-0.25, -0.2) is 13.2 Å². The van der Waals surface area contributed by atoms with Gasteiger partial charge in [-0.15, -0.1) is 0 Å². The van der Waals surface area contributed by atoms with Crippen LogP contribution >= 0.6 is 15.9 Å². The Morgan fingerprint density at radius 2 is 1.83 bits per heavy atom. The molecule has 0 fully saturated rings. The van der Waals surface area contributed by atoms with Gasteiger partial charge in [0.1, 0.15) is 0 Å². The van der Waals surface area contributed by atoms with E-state index in [9.17, 15) is 18.0 Å². The summed E-state index contributed by atoms with van der Waals surface area (Å²) in [4.78, 5) is 24.2. The summed E-state index contributed by atoms with van der Waals surface area (Å²) in [5.41, 5.74) is 1.11. The summed E-state index contributed by atoms with van der Waals surface area (Å²) >= 11 is 3.27. The summed E-state index contributed by atoms with van der Waals surface area (Å²) in [5.74, 6) is -1.08. The van der Waals surface area contributed by atoms with Crippen LogP contribution in [-0.4, -0.2) is 33.0 Å². The molecule has 0 aromatic heterocycles. The van der Waals surface area contributed by atoms with Gasteiger partial charge in [0, 0.05) is 16.3 Å². The van der Waals surface area contributed by atoms with E-state index in [0.29, 0.717) is 11.1 Å². The summed E-state index contributed by atoms with van der Waals surface area (Å²) < 4.78 is 29.0. The number of Topliss-reactive ketones (excluding diaryl/α,β-unsaturated/α-hetero) is 1.